The van der Waals surface area contributed by atoms with Crippen molar-refractivity contribution in [3.8, 4) is 11.3 Å². The zero-order valence-electron chi connectivity index (χ0n) is 11.3. The maximum Gasteiger partial charge on any atom is 0.274 e. The number of hydrogen-bond donors (Lipinski definition) is 0. The van der Waals surface area contributed by atoms with Gasteiger partial charge in [0.2, 0.25) is 0 Å². The van der Waals surface area contributed by atoms with Crippen LogP contribution in [0.4, 0.5) is 5.69 Å². The van der Waals surface area contributed by atoms with Crippen LogP contribution in [-0.2, 0) is 6.42 Å². The first-order valence-corrected chi connectivity index (χ1v) is 6.75. The zero-order chi connectivity index (χ0) is 14.7. The van der Waals surface area contributed by atoms with Gasteiger partial charge in [-0.2, -0.15) is 0 Å². The summed E-state index contributed by atoms with van der Waals surface area (Å²) in [5.41, 5.74) is 2.50. The largest absolute Gasteiger partial charge is 0.274 e. The van der Waals surface area contributed by atoms with Gasteiger partial charge in [-0.15, -0.1) is 0 Å². The van der Waals surface area contributed by atoms with Gasteiger partial charge in [0.1, 0.15) is 5.15 Å². The van der Waals surface area contributed by atoms with Crippen LogP contribution in [0.15, 0.2) is 36.4 Å². The summed E-state index contributed by atoms with van der Waals surface area (Å²) in [4.78, 5) is 14.6. The summed E-state index contributed by atoms with van der Waals surface area (Å²) < 4.78 is 0. The van der Waals surface area contributed by atoms with Crippen molar-refractivity contribution in [3.05, 3.63) is 57.2 Å². The van der Waals surface area contributed by atoms with E-state index >= 15 is 0 Å². The molecule has 0 amide bonds. The number of nitro groups is 1. The van der Waals surface area contributed by atoms with Gasteiger partial charge in [-0.3, -0.25) is 10.1 Å². The first-order valence-electron chi connectivity index (χ1n) is 6.37. The normalized spacial score (nSPS) is 10.8. The van der Waals surface area contributed by atoms with Crippen molar-refractivity contribution in [3.63, 3.8) is 0 Å². The average molecular weight is 291 g/mol. The van der Waals surface area contributed by atoms with E-state index in [1.54, 1.807) is 0 Å². The molecule has 1 aromatic heterocycles. The van der Waals surface area contributed by atoms with Crippen molar-refractivity contribution in [2.45, 2.75) is 20.3 Å². The molecule has 0 aliphatic heterocycles. The minimum atomic E-state index is -0.463. The van der Waals surface area contributed by atoms with Gasteiger partial charge in [0.25, 0.3) is 5.69 Å². The van der Waals surface area contributed by atoms with E-state index in [0.717, 1.165) is 12.0 Å². The van der Waals surface area contributed by atoms with E-state index in [1.165, 1.54) is 17.7 Å². The van der Waals surface area contributed by atoms with Gasteiger partial charge in [0.15, 0.2) is 0 Å². The lowest BCUT2D eigenvalue weighted by atomic mass is 10.00. The Labute approximate surface area is 122 Å². The molecule has 0 spiro atoms. The second-order valence-corrected chi connectivity index (χ2v) is 5.48. The van der Waals surface area contributed by atoms with E-state index in [0.29, 0.717) is 11.6 Å². The summed E-state index contributed by atoms with van der Waals surface area (Å²) in [5, 5.41) is 11.0. The number of nitrogens with zero attached hydrogens (tertiary/aromatic N) is 2. The molecule has 0 unspecified atom stereocenters. The molecule has 5 heteroatoms. The molecule has 0 atom stereocenters. The van der Waals surface area contributed by atoms with Gasteiger partial charge in [0, 0.05) is 11.6 Å². The van der Waals surface area contributed by atoms with E-state index in [9.17, 15) is 10.1 Å². The molecule has 0 saturated carbocycles. The molecular formula is C15H15ClN2O2. The minimum Gasteiger partial charge on any atom is -0.258 e. The van der Waals surface area contributed by atoms with Crippen LogP contribution >= 0.6 is 11.6 Å². The SMILES string of the molecule is CC(C)Cc1cccc(-c2cc([N+](=O)[O-])cc(Cl)n2)c1. The topological polar surface area (TPSA) is 56.0 Å². The number of aromatic nitrogens is 1. The predicted octanol–water partition coefficient (Wildman–Crippen LogP) is 4.51. The fourth-order valence-corrected chi connectivity index (χ4v) is 2.27. The first-order chi connectivity index (χ1) is 9.45. The number of rotatable bonds is 4. The van der Waals surface area contributed by atoms with Gasteiger partial charge in [0.05, 0.1) is 16.7 Å². The first kappa shape index (κ1) is 14.5. The average Bonchev–Trinajstić information content (AvgIpc) is 2.37. The molecule has 1 heterocycles. The van der Waals surface area contributed by atoms with Crippen molar-refractivity contribution in [2.75, 3.05) is 0 Å². The molecule has 20 heavy (non-hydrogen) atoms. The van der Waals surface area contributed by atoms with Crippen molar-refractivity contribution in [1.82, 2.24) is 4.98 Å². The second kappa shape index (κ2) is 6.01. The molecule has 2 aromatic rings. The smallest absolute Gasteiger partial charge is 0.258 e. The van der Waals surface area contributed by atoms with E-state index in [1.807, 2.05) is 24.3 Å². The fraction of sp³-hybridized carbons (Fsp3) is 0.267. The molecular weight excluding hydrogens is 276 g/mol. The van der Waals surface area contributed by atoms with E-state index < -0.39 is 4.92 Å². The number of hydrogen-bond acceptors (Lipinski definition) is 3. The summed E-state index contributed by atoms with van der Waals surface area (Å²) in [6.07, 6.45) is 0.955. The summed E-state index contributed by atoms with van der Waals surface area (Å²) in [6.45, 7) is 4.30. The van der Waals surface area contributed by atoms with Gasteiger partial charge in [-0.05, 0) is 24.0 Å². The molecule has 0 radical (unpaired) electrons. The number of halogens is 1. The van der Waals surface area contributed by atoms with Gasteiger partial charge in [-0.1, -0.05) is 43.6 Å². The summed E-state index contributed by atoms with van der Waals surface area (Å²) >= 11 is 5.85. The molecule has 4 nitrogen and oxygen atoms in total. The van der Waals surface area contributed by atoms with Gasteiger partial charge < -0.3 is 0 Å². The van der Waals surface area contributed by atoms with Crippen LogP contribution in [0, 0.1) is 16.0 Å². The van der Waals surface area contributed by atoms with Crippen LogP contribution in [0.3, 0.4) is 0 Å². The standard InChI is InChI=1S/C15H15ClN2O2/c1-10(2)6-11-4-3-5-12(7-11)14-8-13(18(19)20)9-15(16)17-14/h3-5,7-10H,6H2,1-2H3. The maximum absolute atomic E-state index is 10.9. The molecule has 0 bridgehead atoms. The minimum absolute atomic E-state index is 0.0470. The second-order valence-electron chi connectivity index (χ2n) is 5.09. The highest BCUT2D eigenvalue weighted by atomic mass is 35.5. The van der Waals surface area contributed by atoms with E-state index in [-0.39, 0.29) is 10.8 Å². The lowest BCUT2D eigenvalue weighted by Gasteiger charge is -2.07. The van der Waals surface area contributed by atoms with Crippen molar-refractivity contribution >= 4 is 17.3 Å². The fourth-order valence-electron chi connectivity index (χ4n) is 2.07. The van der Waals surface area contributed by atoms with Gasteiger partial charge in [-0.25, -0.2) is 4.98 Å². The van der Waals surface area contributed by atoms with Crippen LogP contribution in [0.2, 0.25) is 5.15 Å². The molecule has 0 aliphatic rings. The highest BCUT2D eigenvalue weighted by Gasteiger charge is 2.12. The molecule has 1 aromatic carbocycles. The Balaban J connectivity index is 2.43. The third-order valence-electron chi connectivity index (χ3n) is 2.86. The highest BCUT2D eigenvalue weighted by molar-refractivity contribution is 6.29. The van der Waals surface area contributed by atoms with Crippen molar-refractivity contribution in [1.29, 1.82) is 0 Å². The Morgan fingerprint density at radius 1 is 1.30 bits per heavy atom. The lowest BCUT2D eigenvalue weighted by Crippen LogP contribution is -1.95. The van der Waals surface area contributed by atoms with Crippen molar-refractivity contribution < 1.29 is 4.92 Å². The van der Waals surface area contributed by atoms with Gasteiger partial charge >= 0.3 is 0 Å². The number of pyridine rings is 1. The summed E-state index contributed by atoms with van der Waals surface area (Å²) in [7, 11) is 0. The van der Waals surface area contributed by atoms with E-state index in [4.69, 9.17) is 11.6 Å². The molecule has 0 saturated heterocycles. The van der Waals surface area contributed by atoms with Crippen LogP contribution in [0.5, 0.6) is 0 Å². The summed E-state index contributed by atoms with van der Waals surface area (Å²) in [6, 6.07) is 10.6. The third-order valence-corrected chi connectivity index (χ3v) is 3.05. The Morgan fingerprint density at radius 2 is 2.05 bits per heavy atom. The Morgan fingerprint density at radius 3 is 2.70 bits per heavy atom. The molecule has 104 valence electrons. The third kappa shape index (κ3) is 3.54. The van der Waals surface area contributed by atoms with Crippen molar-refractivity contribution in [2.24, 2.45) is 5.92 Å². The monoisotopic (exact) mass is 290 g/mol. The number of benzene rings is 1. The predicted molar refractivity (Wildman–Crippen MR) is 79.9 cm³/mol. The Bertz CT molecular complexity index is 642. The molecule has 0 aliphatic carbocycles. The quantitative estimate of drug-likeness (QED) is 0.473. The maximum atomic E-state index is 10.9. The highest BCUT2D eigenvalue weighted by Crippen LogP contribution is 2.26. The lowest BCUT2D eigenvalue weighted by molar-refractivity contribution is -0.384. The van der Waals surface area contributed by atoms with Crippen LogP contribution < -0.4 is 0 Å². The van der Waals surface area contributed by atoms with Crippen LogP contribution in [0.25, 0.3) is 11.3 Å². The summed E-state index contributed by atoms with van der Waals surface area (Å²) in [5.74, 6) is 0.548. The molecule has 0 fully saturated rings. The Kier molecular flexibility index (Phi) is 4.35. The van der Waals surface area contributed by atoms with Crippen LogP contribution in [0.1, 0.15) is 19.4 Å². The molecule has 0 N–H and O–H groups in total. The molecule has 2 rings (SSSR count). The van der Waals surface area contributed by atoms with E-state index in [2.05, 4.69) is 18.8 Å². The zero-order valence-corrected chi connectivity index (χ0v) is 12.1. The van der Waals surface area contributed by atoms with Crippen LogP contribution in [-0.4, -0.2) is 9.91 Å². The Hall–Kier alpha value is -1.94.